The lowest BCUT2D eigenvalue weighted by molar-refractivity contribution is -0.121. The zero-order valence-electron chi connectivity index (χ0n) is 15.6. The number of hydrogen-bond acceptors (Lipinski definition) is 3. The third kappa shape index (κ3) is 5.71. The van der Waals surface area contributed by atoms with Crippen molar-refractivity contribution in [2.45, 2.75) is 25.8 Å². The molecular weight excluding hydrogens is 338 g/mol. The molecule has 1 amide bonds. The van der Waals surface area contributed by atoms with Crippen molar-refractivity contribution < 1.29 is 9.53 Å². The average molecular weight is 363 g/mol. The Morgan fingerprint density at radius 3 is 2.56 bits per heavy atom. The first-order valence-corrected chi connectivity index (χ1v) is 9.18. The fraction of sp³-hybridized carbons (Fsp3) is 0.273. The van der Waals surface area contributed by atoms with Crippen LogP contribution in [0.4, 0.5) is 0 Å². The van der Waals surface area contributed by atoms with Crippen LogP contribution in [0.2, 0.25) is 0 Å². The van der Waals surface area contributed by atoms with E-state index in [2.05, 4.69) is 27.0 Å². The molecule has 0 aliphatic rings. The zero-order chi connectivity index (χ0) is 18.9. The number of nitrogens with zero attached hydrogens (tertiary/aromatic N) is 2. The van der Waals surface area contributed by atoms with Crippen LogP contribution in [0.1, 0.15) is 23.4 Å². The summed E-state index contributed by atoms with van der Waals surface area (Å²) in [5.74, 6) is 1.87. The quantitative estimate of drug-likeness (QED) is 0.635. The van der Waals surface area contributed by atoms with E-state index in [9.17, 15) is 4.79 Å². The van der Waals surface area contributed by atoms with Crippen LogP contribution < -0.4 is 10.1 Å². The Bertz CT molecular complexity index is 842. The van der Waals surface area contributed by atoms with Gasteiger partial charge in [-0.1, -0.05) is 42.5 Å². The molecule has 0 saturated heterocycles. The number of nitrogens with one attached hydrogen (secondary N) is 1. The predicted octanol–water partition coefficient (Wildman–Crippen LogP) is 3.23. The molecule has 2 aromatic carbocycles. The molecular formula is C22H25N3O2. The molecule has 0 bridgehead atoms. The van der Waals surface area contributed by atoms with E-state index in [1.54, 1.807) is 7.11 Å². The number of amides is 1. The van der Waals surface area contributed by atoms with Crippen molar-refractivity contribution in [2.24, 2.45) is 0 Å². The molecule has 0 radical (unpaired) electrons. The molecule has 0 aliphatic heterocycles. The molecule has 27 heavy (non-hydrogen) atoms. The Balaban J connectivity index is 1.41. The van der Waals surface area contributed by atoms with Gasteiger partial charge in [0.15, 0.2) is 0 Å². The monoisotopic (exact) mass is 363 g/mol. The van der Waals surface area contributed by atoms with E-state index in [4.69, 9.17) is 4.74 Å². The number of aromatic nitrogens is 2. The molecule has 0 fully saturated rings. The second-order valence-electron chi connectivity index (χ2n) is 6.40. The van der Waals surface area contributed by atoms with Crippen molar-refractivity contribution in [3.8, 4) is 5.75 Å². The van der Waals surface area contributed by atoms with Gasteiger partial charge in [0, 0.05) is 38.3 Å². The highest BCUT2D eigenvalue weighted by atomic mass is 16.5. The molecule has 140 valence electrons. The lowest BCUT2D eigenvalue weighted by atomic mass is 10.1. The number of imidazole rings is 1. The standard InChI is InChI=1S/C22H25N3O2/c1-27-20-10-7-18(8-11-20)9-12-22(26)24-14-13-21-23-15-16-25(21)17-19-5-3-2-4-6-19/h2-8,10-11,15-16H,9,12-14,17H2,1H3,(H,24,26). The number of rotatable bonds is 9. The van der Waals surface area contributed by atoms with Crippen molar-refractivity contribution >= 4 is 5.91 Å². The molecule has 0 unspecified atom stereocenters. The summed E-state index contributed by atoms with van der Waals surface area (Å²) in [7, 11) is 1.65. The van der Waals surface area contributed by atoms with Crippen LogP contribution in [0.5, 0.6) is 5.75 Å². The molecule has 0 aliphatic carbocycles. The Hall–Kier alpha value is -3.08. The largest absolute Gasteiger partial charge is 0.497 e. The van der Waals surface area contributed by atoms with Crippen molar-refractivity contribution in [1.82, 2.24) is 14.9 Å². The van der Waals surface area contributed by atoms with Gasteiger partial charge < -0.3 is 14.6 Å². The second-order valence-corrected chi connectivity index (χ2v) is 6.40. The third-order valence-electron chi connectivity index (χ3n) is 4.47. The fourth-order valence-electron chi connectivity index (χ4n) is 2.94. The van der Waals surface area contributed by atoms with Crippen molar-refractivity contribution in [3.05, 3.63) is 83.9 Å². The minimum atomic E-state index is 0.0620. The zero-order valence-corrected chi connectivity index (χ0v) is 15.6. The maximum atomic E-state index is 12.1. The topological polar surface area (TPSA) is 56.1 Å². The van der Waals surface area contributed by atoms with Crippen LogP contribution in [0.25, 0.3) is 0 Å². The van der Waals surface area contributed by atoms with E-state index in [-0.39, 0.29) is 5.91 Å². The van der Waals surface area contributed by atoms with Crippen LogP contribution in [0, 0.1) is 0 Å². The highest BCUT2D eigenvalue weighted by molar-refractivity contribution is 5.76. The molecule has 5 nitrogen and oxygen atoms in total. The fourth-order valence-corrected chi connectivity index (χ4v) is 2.94. The summed E-state index contributed by atoms with van der Waals surface area (Å²) in [5, 5.41) is 2.99. The van der Waals surface area contributed by atoms with Crippen molar-refractivity contribution in [3.63, 3.8) is 0 Å². The Kier molecular flexibility index (Phi) is 6.63. The van der Waals surface area contributed by atoms with Crippen LogP contribution in [-0.2, 0) is 24.2 Å². The van der Waals surface area contributed by atoms with Gasteiger partial charge in [-0.15, -0.1) is 0 Å². The molecule has 3 aromatic rings. The van der Waals surface area contributed by atoms with E-state index in [1.165, 1.54) is 5.56 Å². The molecule has 3 rings (SSSR count). The van der Waals surface area contributed by atoms with Crippen LogP contribution in [-0.4, -0.2) is 29.1 Å². The van der Waals surface area contributed by atoms with Gasteiger partial charge in [-0.05, 0) is 29.7 Å². The van der Waals surface area contributed by atoms with Crippen LogP contribution in [0.15, 0.2) is 67.0 Å². The summed E-state index contributed by atoms with van der Waals surface area (Å²) >= 11 is 0. The summed E-state index contributed by atoms with van der Waals surface area (Å²) in [5.41, 5.74) is 2.37. The molecule has 0 atom stereocenters. The maximum Gasteiger partial charge on any atom is 0.220 e. The van der Waals surface area contributed by atoms with E-state index < -0.39 is 0 Å². The van der Waals surface area contributed by atoms with Crippen LogP contribution >= 0.6 is 0 Å². The number of benzene rings is 2. The first kappa shape index (κ1) is 18.7. The molecule has 1 heterocycles. The van der Waals surface area contributed by atoms with E-state index in [0.29, 0.717) is 19.4 Å². The second kappa shape index (κ2) is 9.57. The van der Waals surface area contributed by atoms with Crippen molar-refractivity contribution in [2.75, 3.05) is 13.7 Å². The van der Waals surface area contributed by atoms with Gasteiger partial charge in [0.2, 0.25) is 5.91 Å². The first-order chi connectivity index (χ1) is 13.2. The van der Waals surface area contributed by atoms with Gasteiger partial charge in [0.05, 0.1) is 7.11 Å². The summed E-state index contributed by atoms with van der Waals surface area (Å²) in [4.78, 5) is 16.5. The van der Waals surface area contributed by atoms with Crippen molar-refractivity contribution in [1.29, 1.82) is 0 Å². The minimum absolute atomic E-state index is 0.0620. The average Bonchev–Trinajstić information content (AvgIpc) is 3.14. The minimum Gasteiger partial charge on any atom is -0.497 e. The molecule has 1 aromatic heterocycles. The number of aryl methyl sites for hydroxylation is 1. The first-order valence-electron chi connectivity index (χ1n) is 9.18. The van der Waals surface area contributed by atoms with E-state index >= 15 is 0 Å². The lowest BCUT2D eigenvalue weighted by Crippen LogP contribution is -2.26. The predicted molar refractivity (Wildman–Crippen MR) is 106 cm³/mol. The van der Waals surface area contributed by atoms with Crippen LogP contribution in [0.3, 0.4) is 0 Å². The summed E-state index contributed by atoms with van der Waals surface area (Å²) in [6, 6.07) is 18.1. The van der Waals surface area contributed by atoms with Gasteiger partial charge in [-0.3, -0.25) is 4.79 Å². The number of ether oxygens (including phenoxy) is 1. The number of carbonyl (C=O) groups excluding carboxylic acids is 1. The summed E-state index contributed by atoms with van der Waals surface area (Å²) in [6.45, 7) is 1.38. The summed E-state index contributed by atoms with van der Waals surface area (Å²) < 4.78 is 7.27. The number of methoxy groups -OCH3 is 1. The highest BCUT2D eigenvalue weighted by Gasteiger charge is 2.06. The lowest BCUT2D eigenvalue weighted by Gasteiger charge is -2.09. The molecule has 0 saturated carbocycles. The Morgan fingerprint density at radius 2 is 1.81 bits per heavy atom. The molecule has 5 heteroatoms. The SMILES string of the molecule is COc1ccc(CCC(=O)NCCc2nccn2Cc2ccccc2)cc1. The smallest absolute Gasteiger partial charge is 0.220 e. The third-order valence-corrected chi connectivity index (χ3v) is 4.47. The van der Waals surface area contributed by atoms with Gasteiger partial charge in [0.25, 0.3) is 0 Å². The maximum absolute atomic E-state index is 12.1. The Labute approximate surface area is 160 Å². The van der Waals surface area contributed by atoms with E-state index in [0.717, 1.165) is 30.1 Å². The van der Waals surface area contributed by atoms with Gasteiger partial charge in [-0.25, -0.2) is 4.98 Å². The normalized spacial score (nSPS) is 10.6. The van der Waals surface area contributed by atoms with E-state index in [1.807, 2.05) is 54.9 Å². The van der Waals surface area contributed by atoms with Gasteiger partial charge in [-0.2, -0.15) is 0 Å². The Morgan fingerprint density at radius 1 is 1.04 bits per heavy atom. The number of carbonyl (C=O) groups is 1. The highest BCUT2D eigenvalue weighted by Crippen LogP contribution is 2.12. The summed E-state index contributed by atoms with van der Waals surface area (Å²) in [6.07, 6.45) is 5.70. The molecule has 1 N–H and O–H groups in total. The number of hydrogen-bond donors (Lipinski definition) is 1. The van der Waals surface area contributed by atoms with Gasteiger partial charge in [0.1, 0.15) is 11.6 Å². The van der Waals surface area contributed by atoms with Gasteiger partial charge >= 0.3 is 0 Å². The molecule has 0 spiro atoms.